The smallest absolute Gasteiger partial charge is 0.0687 e. The molecule has 0 saturated carbocycles. The van der Waals surface area contributed by atoms with Crippen molar-refractivity contribution in [3.05, 3.63) is 0 Å². The molecule has 4 unspecified atom stereocenters. The normalized spacial score (nSPS) is 39.0. The molecule has 0 bridgehead atoms. The van der Waals surface area contributed by atoms with Gasteiger partial charge in [-0.15, -0.1) is 0 Å². The third-order valence-electron chi connectivity index (χ3n) is 3.62. The highest BCUT2D eigenvalue weighted by Crippen LogP contribution is 2.39. The molecule has 0 aromatic carbocycles. The summed E-state index contributed by atoms with van der Waals surface area (Å²) in [7, 11) is 0. The van der Waals surface area contributed by atoms with Gasteiger partial charge in [-0.25, -0.2) is 0 Å². The highest BCUT2D eigenvalue weighted by atomic mass is 16.5. The molecule has 78 valence electrons. The molecule has 1 saturated heterocycles. The largest absolute Gasteiger partial charge is 0.396 e. The Kier molecular flexibility index (Phi) is 3.36. The Morgan fingerprint density at radius 2 is 2.15 bits per heavy atom. The van der Waals surface area contributed by atoms with Gasteiger partial charge in [-0.05, 0) is 38.5 Å². The van der Waals surface area contributed by atoms with Crippen molar-refractivity contribution in [3.63, 3.8) is 0 Å². The van der Waals surface area contributed by atoms with E-state index in [1.54, 1.807) is 0 Å². The summed E-state index contributed by atoms with van der Waals surface area (Å²) >= 11 is 0. The minimum atomic E-state index is -0.0123. The lowest BCUT2D eigenvalue weighted by Crippen LogP contribution is -2.37. The van der Waals surface area contributed by atoms with E-state index in [4.69, 9.17) is 9.84 Å². The average molecular weight is 186 g/mol. The van der Waals surface area contributed by atoms with E-state index in [0.717, 1.165) is 12.8 Å². The van der Waals surface area contributed by atoms with Gasteiger partial charge in [0.1, 0.15) is 0 Å². The van der Waals surface area contributed by atoms with Crippen LogP contribution in [0.1, 0.15) is 40.5 Å². The van der Waals surface area contributed by atoms with Crippen molar-refractivity contribution in [2.24, 2.45) is 11.8 Å². The monoisotopic (exact) mass is 186 g/mol. The predicted octanol–water partition coefficient (Wildman–Crippen LogP) is 2.21. The van der Waals surface area contributed by atoms with Crippen LogP contribution in [0.5, 0.6) is 0 Å². The SMILES string of the molecule is CC1CCC(C)(C(C)C(C)CO)O1. The summed E-state index contributed by atoms with van der Waals surface area (Å²) in [6.45, 7) is 8.82. The molecule has 0 radical (unpaired) electrons. The summed E-state index contributed by atoms with van der Waals surface area (Å²) in [5.41, 5.74) is -0.0123. The third kappa shape index (κ3) is 2.23. The number of hydrogen-bond acceptors (Lipinski definition) is 2. The van der Waals surface area contributed by atoms with Crippen LogP contribution in [-0.4, -0.2) is 23.4 Å². The van der Waals surface area contributed by atoms with Crippen LogP contribution in [0.25, 0.3) is 0 Å². The highest BCUT2D eigenvalue weighted by molar-refractivity contribution is 4.89. The van der Waals surface area contributed by atoms with Crippen LogP contribution in [0.3, 0.4) is 0 Å². The Morgan fingerprint density at radius 3 is 2.54 bits per heavy atom. The lowest BCUT2D eigenvalue weighted by atomic mass is 9.80. The zero-order valence-corrected chi connectivity index (χ0v) is 9.21. The molecule has 1 rings (SSSR count). The molecule has 0 aliphatic carbocycles. The van der Waals surface area contributed by atoms with Crippen LogP contribution in [-0.2, 0) is 4.74 Å². The molecule has 1 aliphatic rings. The van der Waals surface area contributed by atoms with Crippen LogP contribution < -0.4 is 0 Å². The molecule has 0 amide bonds. The third-order valence-corrected chi connectivity index (χ3v) is 3.62. The lowest BCUT2D eigenvalue weighted by molar-refractivity contribution is -0.0755. The minimum absolute atomic E-state index is 0.0123. The van der Waals surface area contributed by atoms with Gasteiger partial charge < -0.3 is 9.84 Å². The van der Waals surface area contributed by atoms with E-state index in [-0.39, 0.29) is 12.2 Å². The van der Waals surface area contributed by atoms with E-state index >= 15 is 0 Å². The Bertz CT molecular complexity index is 169. The molecule has 0 aromatic heterocycles. The second-order valence-electron chi connectivity index (χ2n) is 4.73. The van der Waals surface area contributed by atoms with Crippen LogP contribution >= 0.6 is 0 Å². The quantitative estimate of drug-likeness (QED) is 0.732. The van der Waals surface area contributed by atoms with Crippen LogP contribution in [0.15, 0.2) is 0 Å². The van der Waals surface area contributed by atoms with Gasteiger partial charge in [0.15, 0.2) is 0 Å². The highest BCUT2D eigenvalue weighted by Gasteiger charge is 2.40. The Labute approximate surface area is 81.3 Å². The summed E-state index contributed by atoms with van der Waals surface area (Å²) in [6, 6.07) is 0. The molecular weight excluding hydrogens is 164 g/mol. The number of hydrogen-bond donors (Lipinski definition) is 1. The van der Waals surface area contributed by atoms with Crippen molar-refractivity contribution >= 4 is 0 Å². The maximum absolute atomic E-state index is 9.09. The van der Waals surface area contributed by atoms with Gasteiger partial charge in [0.25, 0.3) is 0 Å². The molecule has 2 nitrogen and oxygen atoms in total. The summed E-state index contributed by atoms with van der Waals surface area (Å²) in [5, 5.41) is 9.09. The first-order valence-electron chi connectivity index (χ1n) is 5.28. The maximum atomic E-state index is 9.09. The fraction of sp³-hybridized carbons (Fsp3) is 1.00. The molecule has 0 spiro atoms. The van der Waals surface area contributed by atoms with Crippen molar-refractivity contribution < 1.29 is 9.84 Å². The Balaban J connectivity index is 2.59. The van der Waals surface area contributed by atoms with Crippen molar-refractivity contribution in [3.8, 4) is 0 Å². The van der Waals surface area contributed by atoms with E-state index in [1.165, 1.54) is 0 Å². The van der Waals surface area contributed by atoms with Crippen LogP contribution in [0.2, 0.25) is 0 Å². The molecule has 1 heterocycles. The molecule has 13 heavy (non-hydrogen) atoms. The van der Waals surface area contributed by atoms with Crippen molar-refractivity contribution in [2.75, 3.05) is 6.61 Å². The van der Waals surface area contributed by atoms with Gasteiger partial charge >= 0.3 is 0 Å². The Hall–Kier alpha value is -0.0800. The number of aliphatic hydroxyl groups is 1. The maximum Gasteiger partial charge on any atom is 0.0687 e. The Morgan fingerprint density at radius 1 is 1.54 bits per heavy atom. The molecule has 4 atom stereocenters. The fourth-order valence-electron chi connectivity index (χ4n) is 2.16. The first-order valence-corrected chi connectivity index (χ1v) is 5.28. The zero-order valence-electron chi connectivity index (χ0n) is 9.21. The predicted molar refractivity (Wildman–Crippen MR) is 53.6 cm³/mol. The van der Waals surface area contributed by atoms with Crippen molar-refractivity contribution in [2.45, 2.75) is 52.2 Å². The standard InChI is InChI=1S/C11H22O2/c1-8(7-12)10(3)11(4)6-5-9(2)13-11/h8-10,12H,5-7H2,1-4H3. The molecular formula is C11H22O2. The summed E-state index contributed by atoms with van der Waals surface area (Å²) in [4.78, 5) is 0. The molecule has 1 fully saturated rings. The van der Waals surface area contributed by atoms with Crippen molar-refractivity contribution in [1.29, 1.82) is 0 Å². The average Bonchev–Trinajstić information content (AvgIpc) is 2.45. The number of ether oxygens (including phenoxy) is 1. The number of aliphatic hydroxyl groups excluding tert-OH is 1. The topological polar surface area (TPSA) is 29.5 Å². The first-order chi connectivity index (χ1) is 5.99. The molecule has 1 aliphatic heterocycles. The van der Waals surface area contributed by atoms with Crippen molar-refractivity contribution in [1.82, 2.24) is 0 Å². The van der Waals surface area contributed by atoms with Gasteiger partial charge in [0.2, 0.25) is 0 Å². The number of rotatable bonds is 3. The van der Waals surface area contributed by atoms with Gasteiger partial charge in [-0.2, -0.15) is 0 Å². The van der Waals surface area contributed by atoms with E-state index < -0.39 is 0 Å². The minimum Gasteiger partial charge on any atom is -0.396 e. The molecule has 1 N–H and O–H groups in total. The second-order valence-corrected chi connectivity index (χ2v) is 4.73. The van der Waals surface area contributed by atoms with Gasteiger partial charge in [-0.1, -0.05) is 13.8 Å². The molecule has 0 aromatic rings. The lowest BCUT2D eigenvalue weighted by Gasteiger charge is -2.34. The van der Waals surface area contributed by atoms with Crippen LogP contribution in [0.4, 0.5) is 0 Å². The summed E-state index contributed by atoms with van der Waals surface area (Å²) < 4.78 is 5.92. The molecule has 2 heteroatoms. The zero-order chi connectivity index (χ0) is 10.1. The second kappa shape index (κ2) is 3.97. The van der Waals surface area contributed by atoms with E-state index in [1.807, 2.05) is 0 Å². The fourth-order valence-corrected chi connectivity index (χ4v) is 2.16. The van der Waals surface area contributed by atoms with E-state index in [2.05, 4.69) is 27.7 Å². The van der Waals surface area contributed by atoms with E-state index in [0.29, 0.717) is 17.9 Å². The van der Waals surface area contributed by atoms with E-state index in [9.17, 15) is 0 Å². The summed E-state index contributed by atoms with van der Waals surface area (Å²) in [5.74, 6) is 0.762. The van der Waals surface area contributed by atoms with Gasteiger partial charge in [0, 0.05) is 6.61 Å². The first kappa shape index (κ1) is 11.0. The van der Waals surface area contributed by atoms with Gasteiger partial charge in [0.05, 0.1) is 11.7 Å². The van der Waals surface area contributed by atoms with Gasteiger partial charge in [-0.3, -0.25) is 0 Å². The summed E-state index contributed by atoms with van der Waals surface area (Å²) in [6.07, 6.45) is 2.66. The van der Waals surface area contributed by atoms with Crippen LogP contribution in [0, 0.1) is 11.8 Å².